The van der Waals surface area contributed by atoms with Crippen molar-refractivity contribution in [3.05, 3.63) is 65.7 Å². The highest BCUT2D eigenvalue weighted by atomic mass is 16.7. The van der Waals surface area contributed by atoms with Crippen molar-refractivity contribution >= 4 is 17.6 Å². The Balaban J connectivity index is 1.92. The molecule has 0 aromatic heterocycles. The molecule has 0 aliphatic carbocycles. The van der Waals surface area contributed by atoms with Crippen molar-refractivity contribution in [2.75, 3.05) is 11.9 Å². The van der Waals surface area contributed by atoms with Crippen LogP contribution in [0.4, 0.5) is 5.69 Å². The van der Waals surface area contributed by atoms with Gasteiger partial charge in [0.05, 0.1) is 6.61 Å². The third-order valence-corrected chi connectivity index (χ3v) is 4.76. The summed E-state index contributed by atoms with van der Waals surface area (Å²) in [5.74, 6) is -1.60. The maximum absolute atomic E-state index is 12.9. The van der Waals surface area contributed by atoms with E-state index in [1.165, 1.54) is 0 Å². The number of amides is 1. The van der Waals surface area contributed by atoms with E-state index in [0.29, 0.717) is 5.69 Å². The van der Waals surface area contributed by atoms with Crippen LogP contribution in [0.1, 0.15) is 18.1 Å². The van der Waals surface area contributed by atoms with Crippen LogP contribution in [-0.4, -0.2) is 24.6 Å². The van der Waals surface area contributed by atoms with Gasteiger partial charge < -0.3 is 10.1 Å². The quantitative estimate of drug-likeness (QED) is 0.837. The predicted octanol–water partition coefficient (Wildman–Crippen LogP) is 1.96. The molecular weight excluding hydrogens is 320 g/mol. The molecule has 0 radical (unpaired) electrons. The Morgan fingerprint density at radius 3 is 2.64 bits per heavy atom. The lowest BCUT2D eigenvalue weighted by Gasteiger charge is -2.39. The van der Waals surface area contributed by atoms with E-state index in [-0.39, 0.29) is 12.5 Å². The van der Waals surface area contributed by atoms with Gasteiger partial charge in [-0.25, -0.2) is 4.79 Å². The molecule has 6 nitrogen and oxygen atoms in total. The first-order valence-electron chi connectivity index (χ1n) is 8.24. The Hall–Kier alpha value is -2.70. The van der Waals surface area contributed by atoms with Gasteiger partial charge in [0.25, 0.3) is 0 Å². The van der Waals surface area contributed by atoms with E-state index in [1.54, 1.807) is 6.92 Å². The molecule has 1 unspecified atom stereocenters. The predicted molar refractivity (Wildman–Crippen MR) is 90.4 cm³/mol. The summed E-state index contributed by atoms with van der Waals surface area (Å²) >= 11 is 0. The molecule has 2 N–H and O–H groups in total. The van der Waals surface area contributed by atoms with Crippen LogP contribution in [0.2, 0.25) is 0 Å². The topological polar surface area (TPSA) is 76.7 Å². The zero-order chi connectivity index (χ0) is 17.4. The molecule has 1 amide bonds. The molecule has 0 spiro atoms. The first-order chi connectivity index (χ1) is 12.2. The fourth-order valence-electron chi connectivity index (χ4n) is 3.72. The third-order valence-electron chi connectivity index (χ3n) is 4.76. The van der Waals surface area contributed by atoms with Crippen molar-refractivity contribution in [2.24, 2.45) is 5.92 Å². The molecule has 0 bridgehead atoms. The molecule has 0 saturated carbocycles. The number of hydrogen-bond donors (Lipinski definition) is 2. The van der Waals surface area contributed by atoms with Gasteiger partial charge in [-0.3, -0.25) is 9.63 Å². The number of benzene rings is 2. The molecule has 2 aromatic carbocycles. The number of para-hydroxylation sites is 1. The SMILES string of the molecule is CCOC(=O)[C@@H]1ONC2(c3ccccc3)c3ccccc3NC(=O)[C@@H]12. The molecule has 2 aliphatic heterocycles. The Kier molecular flexibility index (Phi) is 3.78. The number of hydroxylamine groups is 1. The largest absolute Gasteiger partial charge is 0.464 e. The average Bonchev–Trinajstić information content (AvgIpc) is 3.05. The Morgan fingerprint density at radius 2 is 1.88 bits per heavy atom. The number of hydrogen-bond acceptors (Lipinski definition) is 5. The summed E-state index contributed by atoms with van der Waals surface area (Å²) in [5, 5.41) is 2.89. The minimum Gasteiger partial charge on any atom is -0.464 e. The highest BCUT2D eigenvalue weighted by Gasteiger charge is 2.61. The average molecular weight is 338 g/mol. The molecule has 4 rings (SSSR count). The first-order valence-corrected chi connectivity index (χ1v) is 8.24. The number of carbonyl (C=O) groups is 2. The lowest BCUT2D eigenvalue weighted by atomic mass is 9.69. The fraction of sp³-hybridized carbons (Fsp3) is 0.263. The van der Waals surface area contributed by atoms with E-state index in [0.717, 1.165) is 11.1 Å². The number of rotatable bonds is 3. The Bertz CT molecular complexity index is 823. The number of ether oxygens (including phenoxy) is 1. The molecule has 128 valence electrons. The van der Waals surface area contributed by atoms with Crippen LogP contribution in [0.3, 0.4) is 0 Å². The van der Waals surface area contributed by atoms with E-state index < -0.39 is 23.5 Å². The molecule has 2 aliphatic rings. The maximum atomic E-state index is 12.9. The van der Waals surface area contributed by atoms with Crippen LogP contribution < -0.4 is 10.8 Å². The minimum atomic E-state index is -1.02. The van der Waals surface area contributed by atoms with Crippen LogP contribution in [-0.2, 0) is 24.7 Å². The molecular formula is C19H18N2O4. The van der Waals surface area contributed by atoms with Crippen LogP contribution in [0.25, 0.3) is 0 Å². The second-order valence-corrected chi connectivity index (χ2v) is 6.08. The van der Waals surface area contributed by atoms with Crippen LogP contribution >= 0.6 is 0 Å². The monoisotopic (exact) mass is 338 g/mol. The van der Waals surface area contributed by atoms with Gasteiger partial charge >= 0.3 is 5.97 Å². The lowest BCUT2D eigenvalue weighted by Crippen LogP contribution is -2.53. The van der Waals surface area contributed by atoms with Crippen molar-refractivity contribution in [3.63, 3.8) is 0 Å². The van der Waals surface area contributed by atoms with Crippen molar-refractivity contribution in [3.8, 4) is 0 Å². The van der Waals surface area contributed by atoms with Crippen molar-refractivity contribution in [1.29, 1.82) is 0 Å². The second-order valence-electron chi connectivity index (χ2n) is 6.08. The number of fused-ring (bicyclic) bond motifs is 3. The van der Waals surface area contributed by atoms with Gasteiger partial charge in [-0.1, -0.05) is 48.5 Å². The lowest BCUT2D eigenvalue weighted by molar-refractivity contribution is -0.160. The molecule has 2 aromatic rings. The molecule has 1 saturated heterocycles. The highest BCUT2D eigenvalue weighted by Crippen LogP contribution is 2.49. The summed E-state index contributed by atoms with van der Waals surface area (Å²) in [6.07, 6.45) is -1.02. The molecule has 1 fully saturated rings. The van der Waals surface area contributed by atoms with Gasteiger partial charge in [0.1, 0.15) is 11.5 Å². The summed E-state index contributed by atoms with van der Waals surface area (Å²) in [5.41, 5.74) is 4.47. The third kappa shape index (κ3) is 2.26. The number of anilines is 1. The Morgan fingerprint density at radius 1 is 1.16 bits per heavy atom. The summed E-state index contributed by atoms with van der Waals surface area (Å²) < 4.78 is 5.11. The zero-order valence-electron chi connectivity index (χ0n) is 13.7. The number of carbonyl (C=O) groups excluding carboxylic acids is 2. The standard InChI is InChI=1S/C19H18N2O4/c1-2-24-18(23)16-15-17(22)20-14-11-7-6-10-13(14)19(15,21-25-16)12-8-4-3-5-9-12/h3-11,15-16,21H,2H2,1H3,(H,20,22)/t15-,16-,19?/m1/s1. The number of esters is 1. The second kappa shape index (κ2) is 5.98. The van der Waals surface area contributed by atoms with Crippen molar-refractivity contribution in [1.82, 2.24) is 5.48 Å². The van der Waals surface area contributed by atoms with Crippen LogP contribution in [0.5, 0.6) is 0 Å². The van der Waals surface area contributed by atoms with Gasteiger partial charge in [-0.2, -0.15) is 5.48 Å². The Labute approximate surface area is 145 Å². The van der Waals surface area contributed by atoms with Gasteiger partial charge in [0.15, 0.2) is 6.10 Å². The van der Waals surface area contributed by atoms with E-state index in [2.05, 4.69) is 10.8 Å². The summed E-state index contributed by atoms with van der Waals surface area (Å²) in [6.45, 7) is 1.95. The summed E-state index contributed by atoms with van der Waals surface area (Å²) in [6, 6.07) is 17.1. The fourth-order valence-corrected chi connectivity index (χ4v) is 3.72. The zero-order valence-corrected chi connectivity index (χ0v) is 13.7. The highest BCUT2D eigenvalue weighted by molar-refractivity contribution is 6.01. The van der Waals surface area contributed by atoms with E-state index in [4.69, 9.17) is 9.57 Å². The molecule has 25 heavy (non-hydrogen) atoms. The first kappa shape index (κ1) is 15.8. The van der Waals surface area contributed by atoms with Crippen LogP contribution in [0, 0.1) is 5.92 Å². The molecule has 2 heterocycles. The van der Waals surface area contributed by atoms with Gasteiger partial charge in [-0.15, -0.1) is 0 Å². The van der Waals surface area contributed by atoms with Crippen molar-refractivity contribution < 1.29 is 19.2 Å². The van der Waals surface area contributed by atoms with Gasteiger partial charge in [0, 0.05) is 11.3 Å². The normalized spacial score (nSPS) is 27.2. The molecule has 6 heteroatoms. The van der Waals surface area contributed by atoms with Gasteiger partial charge in [0.2, 0.25) is 5.91 Å². The van der Waals surface area contributed by atoms with Gasteiger partial charge in [-0.05, 0) is 18.6 Å². The minimum absolute atomic E-state index is 0.224. The number of nitrogens with one attached hydrogen (secondary N) is 2. The molecule has 3 atom stereocenters. The summed E-state index contributed by atoms with van der Waals surface area (Å²) in [7, 11) is 0. The smallest absolute Gasteiger partial charge is 0.338 e. The van der Waals surface area contributed by atoms with Crippen molar-refractivity contribution in [2.45, 2.75) is 18.6 Å². The van der Waals surface area contributed by atoms with E-state index >= 15 is 0 Å². The van der Waals surface area contributed by atoms with Crippen LogP contribution in [0.15, 0.2) is 54.6 Å². The van der Waals surface area contributed by atoms with E-state index in [9.17, 15) is 9.59 Å². The maximum Gasteiger partial charge on any atom is 0.338 e. The van der Waals surface area contributed by atoms with E-state index in [1.807, 2.05) is 54.6 Å². The summed E-state index contributed by atoms with van der Waals surface area (Å²) in [4.78, 5) is 30.9.